The van der Waals surface area contributed by atoms with Crippen LogP contribution >= 0.6 is 0 Å². The van der Waals surface area contributed by atoms with Crippen LogP contribution in [0.25, 0.3) is 0 Å². The molecule has 6 nitrogen and oxygen atoms in total. The van der Waals surface area contributed by atoms with E-state index in [9.17, 15) is 0 Å². The molecule has 146 valence electrons. The molecule has 6 heteroatoms. The third kappa shape index (κ3) is 12.1. The lowest BCUT2D eigenvalue weighted by molar-refractivity contribution is 0.129. The van der Waals surface area contributed by atoms with Gasteiger partial charge < -0.3 is 15.8 Å². The van der Waals surface area contributed by atoms with Crippen molar-refractivity contribution < 1.29 is 4.74 Å². The molecule has 0 spiro atoms. The highest BCUT2D eigenvalue weighted by molar-refractivity contribution is 6.07. The first-order valence-corrected chi connectivity index (χ1v) is 9.02. The largest absolute Gasteiger partial charge is 0.355 e. The Labute approximate surface area is 159 Å². The van der Waals surface area contributed by atoms with Crippen molar-refractivity contribution in [2.75, 3.05) is 13.3 Å². The molecule has 26 heavy (non-hydrogen) atoms. The summed E-state index contributed by atoms with van der Waals surface area (Å²) in [6, 6.07) is 8.01. The van der Waals surface area contributed by atoms with Gasteiger partial charge in [-0.1, -0.05) is 58.5 Å². The maximum absolute atomic E-state index is 5.47. The third-order valence-corrected chi connectivity index (χ3v) is 2.71. The van der Waals surface area contributed by atoms with Gasteiger partial charge in [0.25, 0.3) is 0 Å². The first-order chi connectivity index (χ1) is 12.7. The van der Waals surface area contributed by atoms with Crippen LogP contribution in [0.5, 0.6) is 0 Å². The maximum atomic E-state index is 5.47. The molecule has 0 atom stereocenters. The number of nitrogens with two attached hydrogens (primary N) is 1. The minimum Gasteiger partial charge on any atom is -0.355 e. The van der Waals surface area contributed by atoms with Crippen molar-refractivity contribution in [2.45, 2.75) is 47.8 Å². The van der Waals surface area contributed by atoms with Crippen LogP contribution in [0.2, 0.25) is 0 Å². The molecule has 0 saturated carbocycles. The Morgan fingerprint density at radius 3 is 2.12 bits per heavy atom. The fourth-order valence-electron chi connectivity index (χ4n) is 1.60. The molecule has 0 saturated heterocycles. The molecule has 2 rings (SSSR count). The van der Waals surface area contributed by atoms with Crippen LogP contribution in [-0.2, 0) is 17.9 Å². The molecular formula is C20H35N5O. The summed E-state index contributed by atoms with van der Waals surface area (Å²) in [5.74, 6) is 0.720. The van der Waals surface area contributed by atoms with Gasteiger partial charge in [-0.05, 0) is 24.8 Å². The van der Waals surface area contributed by atoms with Crippen LogP contribution in [0.1, 0.15) is 45.7 Å². The predicted molar refractivity (Wildman–Crippen MR) is 115 cm³/mol. The second-order valence-electron chi connectivity index (χ2n) is 4.40. The van der Waals surface area contributed by atoms with E-state index >= 15 is 0 Å². The Balaban J connectivity index is 0. The Hall–Kier alpha value is -2.31. The summed E-state index contributed by atoms with van der Waals surface area (Å²) in [7, 11) is 0. The number of benzene rings is 1. The molecule has 0 fully saturated rings. The molecule has 0 amide bonds. The van der Waals surface area contributed by atoms with Crippen molar-refractivity contribution in [3.05, 3.63) is 47.7 Å². The van der Waals surface area contributed by atoms with Gasteiger partial charge in [0, 0.05) is 13.1 Å². The molecule has 1 aromatic carbocycles. The van der Waals surface area contributed by atoms with Crippen LogP contribution in [0.4, 0.5) is 0 Å². The fourth-order valence-corrected chi connectivity index (χ4v) is 1.60. The quantitative estimate of drug-likeness (QED) is 0.595. The van der Waals surface area contributed by atoms with Crippen molar-refractivity contribution in [1.82, 2.24) is 5.32 Å². The van der Waals surface area contributed by atoms with Crippen LogP contribution in [0.15, 0.2) is 51.5 Å². The van der Waals surface area contributed by atoms with Gasteiger partial charge in [0.1, 0.15) is 6.73 Å². The fraction of sp³-hybridized carbons (Fsp3) is 0.450. The summed E-state index contributed by atoms with van der Waals surface area (Å²) in [4.78, 5) is 11.6. The van der Waals surface area contributed by atoms with Crippen molar-refractivity contribution in [3.63, 3.8) is 0 Å². The summed E-state index contributed by atoms with van der Waals surface area (Å²) in [5.41, 5.74) is 8.51. The van der Waals surface area contributed by atoms with Gasteiger partial charge in [-0.25, -0.2) is 4.99 Å². The molecule has 0 radical (unpaired) electrons. The summed E-state index contributed by atoms with van der Waals surface area (Å²) in [6.07, 6.45) is 1.59. The Kier molecular flexibility index (Phi) is 19.0. The van der Waals surface area contributed by atoms with Crippen LogP contribution in [0, 0.1) is 0 Å². The highest BCUT2D eigenvalue weighted by atomic mass is 16.5. The summed E-state index contributed by atoms with van der Waals surface area (Å²) in [5, 5.41) is 2.84. The lowest BCUT2D eigenvalue weighted by Gasteiger charge is -2.02. The number of hydrogen-bond donors (Lipinski definition) is 2. The van der Waals surface area contributed by atoms with Crippen molar-refractivity contribution in [2.24, 2.45) is 20.7 Å². The zero-order valence-corrected chi connectivity index (χ0v) is 17.0. The van der Waals surface area contributed by atoms with Gasteiger partial charge in [0.15, 0.2) is 5.84 Å². The highest BCUT2D eigenvalue weighted by Gasteiger charge is 2.04. The maximum Gasteiger partial charge on any atom is 0.172 e. The van der Waals surface area contributed by atoms with Crippen molar-refractivity contribution in [3.8, 4) is 0 Å². The molecule has 0 bridgehead atoms. The molecule has 1 aliphatic rings. The van der Waals surface area contributed by atoms with Crippen LogP contribution in [0.3, 0.4) is 0 Å². The van der Waals surface area contributed by atoms with Gasteiger partial charge in [-0.15, -0.1) is 0 Å². The summed E-state index contributed by atoms with van der Waals surface area (Å²) in [6.45, 7) is 19.2. The first kappa shape index (κ1) is 25.9. The minimum absolute atomic E-state index is 0.346. The van der Waals surface area contributed by atoms with E-state index in [0.717, 1.165) is 29.2 Å². The molecule has 3 N–H and O–H groups in total. The average Bonchev–Trinajstić information content (AvgIpc) is 3.11. The monoisotopic (exact) mass is 361 g/mol. The number of aliphatic imine (C=N–C) groups is 3. The van der Waals surface area contributed by atoms with E-state index in [0.29, 0.717) is 19.9 Å². The third-order valence-electron chi connectivity index (χ3n) is 2.71. The zero-order valence-electron chi connectivity index (χ0n) is 17.0. The van der Waals surface area contributed by atoms with E-state index in [2.05, 4.69) is 33.6 Å². The predicted octanol–water partition coefficient (Wildman–Crippen LogP) is 3.92. The van der Waals surface area contributed by atoms with E-state index in [1.807, 2.05) is 58.9 Å². The lowest BCUT2D eigenvalue weighted by atomic mass is 10.1. The van der Waals surface area contributed by atoms with Gasteiger partial charge in [-0.3, -0.25) is 9.98 Å². The minimum atomic E-state index is 0.346. The highest BCUT2D eigenvalue weighted by Crippen LogP contribution is 2.04. The Morgan fingerprint density at radius 1 is 1.12 bits per heavy atom. The number of rotatable bonds is 6. The molecule has 1 heterocycles. The van der Waals surface area contributed by atoms with E-state index < -0.39 is 0 Å². The van der Waals surface area contributed by atoms with E-state index in [4.69, 9.17) is 10.5 Å². The van der Waals surface area contributed by atoms with E-state index in [-0.39, 0.29) is 0 Å². The number of hydrogen-bond acceptors (Lipinski definition) is 5. The van der Waals surface area contributed by atoms with Crippen LogP contribution in [-0.4, -0.2) is 32.2 Å². The molecule has 0 unspecified atom stereocenters. The van der Waals surface area contributed by atoms with Gasteiger partial charge in [0.05, 0.1) is 18.6 Å². The van der Waals surface area contributed by atoms with Crippen LogP contribution < -0.4 is 11.1 Å². The van der Waals surface area contributed by atoms with Crippen molar-refractivity contribution in [1.29, 1.82) is 0 Å². The topological polar surface area (TPSA) is 84.4 Å². The number of nitrogens with zero attached hydrogens (tertiary/aromatic N) is 3. The van der Waals surface area contributed by atoms with Crippen molar-refractivity contribution >= 4 is 18.9 Å². The second-order valence-corrected chi connectivity index (χ2v) is 4.40. The van der Waals surface area contributed by atoms with Gasteiger partial charge >= 0.3 is 0 Å². The Bertz CT molecular complexity index is 536. The standard InChI is InChI=1S/C10H14N2O.C6H9N3.2C2H6/c1-12-8-13-7-10-4-2-9(6-11)3-5-10;1-3-7-6-5(2)8-4-9-6;2*1-2/h2-5H,1,6-8,11H2;4H,2-3H2,1H3,(H,7,8,9);2*1-2H3. The van der Waals surface area contributed by atoms with Gasteiger partial charge in [-0.2, -0.15) is 0 Å². The molecular weight excluding hydrogens is 326 g/mol. The number of amidine groups is 1. The average molecular weight is 362 g/mol. The van der Waals surface area contributed by atoms with E-state index in [1.165, 1.54) is 0 Å². The smallest absolute Gasteiger partial charge is 0.172 e. The molecule has 0 aromatic heterocycles. The first-order valence-electron chi connectivity index (χ1n) is 9.02. The second kappa shape index (κ2) is 19.0. The Morgan fingerprint density at radius 2 is 1.69 bits per heavy atom. The van der Waals surface area contributed by atoms with Gasteiger partial charge in [0.2, 0.25) is 0 Å². The van der Waals surface area contributed by atoms with E-state index in [1.54, 1.807) is 6.34 Å². The zero-order chi connectivity index (χ0) is 20.2. The summed E-state index contributed by atoms with van der Waals surface area (Å²) < 4.78 is 5.18. The molecule has 0 aliphatic carbocycles. The SMILES string of the molecule is C=C1NC=NC1=NCC.C=NCOCc1ccc(CN)cc1.CC.CC. The summed E-state index contributed by atoms with van der Waals surface area (Å²) >= 11 is 0. The number of ether oxygens (including phenoxy) is 1. The number of nitrogens with one attached hydrogen (secondary N) is 1. The molecule has 1 aliphatic heterocycles. The lowest BCUT2D eigenvalue weighted by Crippen LogP contribution is -2.06. The molecule has 1 aromatic rings. The normalized spacial score (nSPS) is 12.7.